The summed E-state index contributed by atoms with van der Waals surface area (Å²) in [6, 6.07) is 0. The largest absolute Gasteiger partial charge is 0.393 e. The molecule has 19 heavy (non-hydrogen) atoms. The predicted molar refractivity (Wildman–Crippen MR) is 76.0 cm³/mol. The fourth-order valence-electron chi connectivity index (χ4n) is 2.22. The zero-order valence-corrected chi connectivity index (χ0v) is 13.0. The standard InChI is InChI=1S/C13H24N2O3S/c1-10-13(11(2)15(3)14-10)8-7-12(16)6-5-9-19(4,17)18/h12,16H,5-9H2,1-4H3. The van der Waals surface area contributed by atoms with Crippen molar-refractivity contribution in [3.05, 3.63) is 17.0 Å². The van der Waals surface area contributed by atoms with Crippen LogP contribution >= 0.6 is 0 Å². The molecular formula is C13H24N2O3S. The number of rotatable bonds is 7. The Hall–Kier alpha value is -0.880. The first-order valence-electron chi connectivity index (χ1n) is 6.55. The Morgan fingerprint density at radius 3 is 2.42 bits per heavy atom. The summed E-state index contributed by atoms with van der Waals surface area (Å²) in [6.45, 7) is 3.99. The lowest BCUT2D eigenvalue weighted by Crippen LogP contribution is -2.12. The minimum atomic E-state index is -2.92. The molecule has 0 saturated carbocycles. The molecule has 0 fully saturated rings. The Morgan fingerprint density at radius 1 is 1.32 bits per heavy atom. The molecular weight excluding hydrogens is 264 g/mol. The van der Waals surface area contributed by atoms with Gasteiger partial charge in [0.05, 0.1) is 11.8 Å². The lowest BCUT2D eigenvalue weighted by atomic mass is 10.0. The number of aliphatic hydroxyl groups excluding tert-OH is 1. The van der Waals surface area contributed by atoms with Gasteiger partial charge >= 0.3 is 0 Å². The Bertz CT molecular complexity index is 520. The molecule has 1 aromatic heterocycles. The molecule has 6 heteroatoms. The van der Waals surface area contributed by atoms with Crippen molar-refractivity contribution in [2.75, 3.05) is 12.0 Å². The van der Waals surface area contributed by atoms with Crippen LogP contribution in [0.4, 0.5) is 0 Å². The number of nitrogens with zero attached hydrogens (tertiary/aromatic N) is 2. The molecule has 110 valence electrons. The van der Waals surface area contributed by atoms with Gasteiger partial charge < -0.3 is 5.11 Å². The van der Waals surface area contributed by atoms with Crippen molar-refractivity contribution in [1.82, 2.24) is 9.78 Å². The fraction of sp³-hybridized carbons (Fsp3) is 0.769. The Morgan fingerprint density at radius 2 is 1.95 bits per heavy atom. The highest BCUT2D eigenvalue weighted by Gasteiger charge is 2.12. The highest BCUT2D eigenvalue weighted by Crippen LogP contribution is 2.16. The van der Waals surface area contributed by atoms with Gasteiger partial charge in [-0.1, -0.05) is 0 Å². The van der Waals surface area contributed by atoms with Gasteiger partial charge in [-0.15, -0.1) is 0 Å². The van der Waals surface area contributed by atoms with Crippen LogP contribution in [0.3, 0.4) is 0 Å². The van der Waals surface area contributed by atoms with E-state index in [-0.39, 0.29) is 5.75 Å². The summed E-state index contributed by atoms with van der Waals surface area (Å²) in [7, 11) is -1.01. The number of hydrogen-bond donors (Lipinski definition) is 1. The van der Waals surface area contributed by atoms with E-state index in [9.17, 15) is 13.5 Å². The van der Waals surface area contributed by atoms with Crippen LogP contribution in [0.1, 0.15) is 36.2 Å². The monoisotopic (exact) mass is 288 g/mol. The van der Waals surface area contributed by atoms with E-state index < -0.39 is 15.9 Å². The molecule has 1 rings (SSSR count). The average Bonchev–Trinajstić information content (AvgIpc) is 2.49. The molecule has 1 unspecified atom stereocenters. The van der Waals surface area contributed by atoms with Crippen LogP contribution in [0.2, 0.25) is 0 Å². The van der Waals surface area contributed by atoms with E-state index in [2.05, 4.69) is 5.10 Å². The summed E-state index contributed by atoms with van der Waals surface area (Å²) in [5, 5.41) is 14.2. The summed E-state index contributed by atoms with van der Waals surface area (Å²) in [4.78, 5) is 0. The van der Waals surface area contributed by atoms with Crippen molar-refractivity contribution in [2.24, 2.45) is 7.05 Å². The molecule has 0 amide bonds. The normalized spacial score (nSPS) is 13.7. The summed E-state index contributed by atoms with van der Waals surface area (Å²) < 4.78 is 23.8. The van der Waals surface area contributed by atoms with E-state index in [1.54, 1.807) is 0 Å². The summed E-state index contributed by atoms with van der Waals surface area (Å²) in [6.07, 6.45) is 3.27. The zero-order valence-electron chi connectivity index (χ0n) is 12.2. The van der Waals surface area contributed by atoms with Crippen molar-refractivity contribution < 1.29 is 13.5 Å². The topological polar surface area (TPSA) is 72.2 Å². The first-order valence-corrected chi connectivity index (χ1v) is 8.61. The van der Waals surface area contributed by atoms with Crippen LogP contribution in [0, 0.1) is 13.8 Å². The quantitative estimate of drug-likeness (QED) is 0.817. The molecule has 1 heterocycles. The predicted octanol–water partition coefficient (Wildman–Crippen LogP) is 1.16. The molecule has 1 N–H and O–H groups in total. The highest BCUT2D eigenvalue weighted by atomic mass is 32.2. The molecule has 0 radical (unpaired) electrons. The van der Waals surface area contributed by atoms with E-state index in [0.717, 1.165) is 17.8 Å². The molecule has 0 aliphatic rings. The maximum absolute atomic E-state index is 11.0. The third-order valence-corrected chi connectivity index (χ3v) is 4.47. The lowest BCUT2D eigenvalue weighted by molar-refractivity contribution is 0.154. The van der Waals surface area contributed by atoms with Gasteiger partial charge in [0.25, 0.3) is 0 Å². The Labute approximate surface area is 115 Å². The van der Waals surface area contributed by atoms with E-state index in [4.69, 9.17) is 0 Å². The van der Waals surface area contributed by atoms with Gasteiger partial charge in [-0.05, 0) is 45.1 Å². The van der Waals surface area contributed by atoms with Gasteiger partial charge in [0, 0.05) is 24.8 Å². The van der Waals surface area contributed by atoms with E-state index >= 15 is 0 Å². The molecule has 0 spiro atoms. The molecule has 0 aliphatic heterocycles. The van der Waals surface area contributed by atoms with E-state index in [0.29, 0.717) is 19.3 Å². The van der Waals surface area contributed by atoms with Crippen molar-refractivity contribution in [3.63, 3.8) is 0 Å². The van der Waals surface area contributed by atoms with E-state index in [1.807, 2.05) is 25.6 Å². The van der Waals surface area contributed by atoms with Gasteiger partial charge in [-0.2, -0.15) is 5.10 Å². The lowest BCUT2D eigenvalue weighted by Gasteiger charge is -2.10. The second kappa shape index (κ2) is 6.52. The van der Waals surface area contributed by atoms with Crippen LogP contribution in [-0.4, -0.2) is 41.4 Å². The van der Waals surface area contributed by atoms with Gasteiger partial charge in [-0.25, -0.2) is 8.42 Å². The minimum absolute atomic E-state index is 0.148. The third-order valence-electron chi connectivity index (χ3n) is 3.44. The third kappa shape index (κ3) is 5.32. The second-order valence-corrected chi connectivity index (χ2v) is 7.50. The maximum atomic E-state index is 11.0. The zero-order chi connectivity index (χ0) is 14.6. The van der Waals surface area contributed by atoms with Crippen LogP contribution in [0.25, 0.3) is 0 Å². The average molecular weight is 288 g/mol. The van der Waals surface area contributed by atoms with Crippen LogP contribution in [-0.2, 0) is 23.3 Å². The van der Waals surface area contributed by atoms with Crippen molar-refractivity contribution >= 4 is 9.84 Å². The Kier molecular flexibility index (Phi) is 5.55. The SMILES string of the molecule is Cc1nn(C)c(C)c1CCC(O)CCCS(C)(=O)=O. The number of aromatic nitrogens is 2. The molecule has 1 aromatic rings. The van der Waals surface area contributed by atoms with Crippen molar-refractivity contribution in [2.45, 2.75) is 45.6 Å². The van der Waals surface area contributed by atoms with Crippen LogP contribution in [0.15, 0.2) is 0 Å². The molecule has 0 bridgehead atoms. The Balaban J connectivity index is 2.40. The minimum Gasteiger partial charge on any atom is -0.393 e. The first kappa shape index (κ1) is 16.2. The highest BCUT2D eigenvalue weighted by molar-refractivity contribution is 7.90. The summed E-state index contributed by atoms with van der Waals surface area (Å²) >= 11 is 0. The van der Waals surface area contributed by atoms with Gasteiger partial charge in [0.1, 0.15) is 9.84 Å². The van der Waals surface area contributed by atoms with Gasteiger partial charge in [-0.3, -0.25) is 4.68 Å². The number of sulfone groups is 1. The molecule has 1 atom stereocenters. The summed E-state index contributed by atoms with van der Waals surface area (Å²) in [5.41, 5.74) is 3.31. The maximum Gasteiger partial charge on any atom is 0.147 e. The second-order valence-electron chi connectivity index (χ2n) is 5.24. The molecule has 5 nitrogen and oxygen atoms in total. The number of aryl methyl sites for hydroxylation is 2. The molecule has 0 saturated heterocycles. The van der Waals surface area contributed by atoms with Crippen LogP contribution < -0.4 is 0 Å². The van der Waals surface area contributed by atoms with Crippen LogP contribution in [0.5, 0.6) is 0 Å². The van der Waals surface area contributed by atoms with Crippen molar-refractivity contribution in [1.29, 1.82) is 0 Å². The van der Waals surface area contributed by atoms with Gasteiger partial charge in [0.2, 0.25) is 0 Å². The molecule has 0 aromatic carbocycles. The first-order chi connectivity index (χ1) is 8.70. The summed E-state index contributed by atoms with van der Waals surface area (Å²) in [5.74, 6) is 0.148. The fourth-order valence-corrected chi connectivity index (χ4v) is 2.91. The van der Waals surface area contributed by atoms with Crippen molar-refractivity contribution in [3.8, 4) is 0 Å². The van der Waals surface area contributed by atoms with E-state index in [1.165, 1.54) is 11.8 Å². The number of aliphatic hydroxyl groups is 1. The smallest absolute Gasteiger partial charge is 0.147 e. The molecule has 0 aliphatic carbocycles. The van der Waals surface area contributed by atoms with Gasteiger partial charge in [0.15, 0.2) is 0 Å². The number of hydrogen-bond acceptors (Lipinski definition) is 4.